The van der Waals surface area contributed by atoms with Crippen LogP contribution in [0, 0.1) is 5.82 Å². The molecule has 4 N–H and O–H groups in total. The molecule has 0 bridgehead atoms. The smallest absolute Gasteiger partial charge is 0.326 e. The minimum atomic E-state index is -1.54. The number of aromatic amines is 1. The van der Waals surface area contributed by atoms with Crippen molar-refractivity contribution in [2.24, 2.45) is 0 Å². The number of carbonyl (C=O) groups excluding carboxylic acids is 2. The average molecular weight is 376 g/mol. The third-order valence-corrected chi connectivity index (χ3v) is 3.94. The highest BCUT2D eigenvalue weighted by atomic mass is 19.1. The summed E-state index contributed by atoms with van der Waals surface area (Å²) < 4.78 is 13.2. The van der Waals surface area contributed by atoms with Crippen LogP contribution in [0.2, 0.25) is 0 Å². The molecule has 1 aromatic carbocycles. The molecule has 9 nitrogen and oxygen atoms in total. The maximum atomic E-state index is 13.2. The number of fused-ring (bicyclic) bond motifs is 1. The van der Waals surface area contributed by atoms with Crippen molar-refractivity contribution in [3.63, 3.8) is 0 Å². The lowest BCUT2D eigenvalue weighted by Crippen LogP contribution is -2.46. The van der Waals surface area contributed by atoms with Gasteiger partial charge in [0.05, 0.1) is 0 Å². The normalized spacial score (nSPS) is 12.8. The van der Waals surface area contributed by atoms with E-state index in [1.54, 1.807) is 0 Å². The van der Waals surface area contributed by atoms with Crippen LogP contribution < -0.4 is 5.32 Å². The average Bonchev–Trinajstić information content (AvgIpc) is 3.00. The molecule has 2 unspecified atom stereocenters. The first-order valence-corrected chi connectivity index (χ1v) is 7.99. The minimum absolute atomic E-state index is 0.111. The Morgan fingerprint density at radius 1 is 1.37 bits per heavy atom. The van der Waals surface area contributed by atoms with Crippen molar-refractivity contribution in [2.75, 3.05) is 0 Å². The molecule has 0 aliphatic heterocycles. The SMILES string of the molecule is [N-]=[N+]=CC(=O)CCC(NC(=O)C(O)Cc1c[nH]c2cc(F)ccc12)C(=O)O. The summed E-state index contributed by atoms with van der Waals surface area (Å²) in [5.74, 6) is -3.32. The van der Waals surface area contributed by atoms with Crippen LogP contribution in [0.1, 0.15) is 18.4 Å². The molecule has 142 valence electrons. The summed E-state index contributed by atoms with van der Waals surface area (Å²) in [7, 11) is 0. The van der Waals surface area contributed by atoms with Gasteiger partial charge in [-0.1, -0.05) is 0 Å². The number of aliphatic hydroxyl groups excluding tert-OH is 1. The summed E-state index contributed by atoms with van der Waals surface area (Å²) in [6, 6.07) is 2.65. The summed E-state index contributed by atoms with van der Waals surface area (Å²) in [6.07, 6.45) is 0.0270. The van der Waals surface area contributed by atoms with Crippen molar-refractivity contribution in [1.82, 2.24) is 10.3 Å². The standard InChI is InChI=1S/C17H17FN4O5/c18-10-1-3-12-9(7-20-14(12)6-10)5-15(24)16(25)22-13(17(26)27)4-2-11(23)8-21-19/h1,3,6-8,13,15,20,24H,2,4-5H2,(H,22,25)(H,26,27). The van der Waals surface area contributed by atoms with Crippen molar-refractivity contribution < 1.29 is 33.8 Å². The van der Waals surface area contributed by atoms with E-state index in [1.807, 2.05) is 0 Å². The highest BCUT2D eigenvalue weighted by Gasteiger charge is 2.25. The molecule has 0 radical (unpaired) electrons. The Morgan fingerprint density at radius 2 is 2.11 bits per heavy atom. The number of ketones is 1. The first kappa shape index (κ1) is 20.0. The summed E-state index contributed by atoms with van der Waals surface area (Å²) in [4.78, 5) is 39.9. The van der Waals surface area contributed by atoms with Crippen molar-refractivity contribution in [2.45, 2.75) is 31.4 Å². The Balaban J connectivity index is 2.00. The van der Waals surface area contributed by atoms with Crippen LogP contribution in [-0.2, 0) is 20.8 Å². The maximum Gasteiger partial charge on any atom is 0.326 e. The Bertz CT molecular complexity index is 919. The molecule has 2 rings (SSSR count). The van der Waals surface area contributed by atoms with E-state index in [2.05, 4.69) is 15.1 Å². The van der Waals surface area contributed by atoms with E-state index in [0.717, 1.165) is 0 Å². The van der Waals surface area contributed by atoms with E-state index in [4.69, 9.17) is 10.6 Å². The summed E-state index contributed by atoms with van der Waals surface area (Å²) in [6.45, 7) is 0. The molecular formula is C17H17FN4O5. The third kappa shape index (κ3) is 5.30. The molecule has 1 aromatic heterocycles. The number of nitrogens with zero attached hydrogens (tertiary/aromatic N) is 2. The van der Waals surface area contributed by atoms with Gasteiger partial charge in [0.2, 0.25) is 11.7 Å². The van der Waals surface area contributed by atoms with Crippen LogP contribution in [0.5, 0.6) is 0 Å². The van der Waals surface area contributed by atoms with Crippen LogP contribution in [-0.4, -0.2) is 56.0 Å². The quantitative estimate of drug-likeness (QED) is 0.284. The second-order valence-corrected chi connectivity index (χ2v) is 5.87. The molecule has 0 saturated carbocycles. The van der Waals surface area contributed by atoms with Gasteiger partial charge in [-0.3, -0.25) is 9.59 Å². The van der Waals surface area contributed by atoms with Crippen LogP contribution in [0.15, 0.2) is 24.4 Å². The van der Waals surface area contributed by atoms with Gasteiger partial charge in [-0.25, -0.2) is 9.18 Å². The topological polar surface area (TPSA) is 156 Å². The van der Waals surface area contributed by atoms with Gasteiger partial charge in [-0.15, -0.1) is 0 Å². The number of rotatable bonds is 9. The number of halogens is 1. The number of benzene rings is 1. The molecule has 0 saturated heterocycles. The second-order valence-electron chi connectivity index (χ2n) is 5.87. The van der Waals surface area contributed by atoms with Gasteiger partial charge >= 0.3 is 12.2 Å². The molecule has 0 spiro atoms. The Kier molecular flexibility index (Phi) is 6.53. The molecule has 27 heavy (non-hydrogen) atoms. The number of amides is 1. The lowest BCUT2D eigenvalue weighted by Gasteiger charge is -2.16. The largest absolute Gasteiger partial charge is 0.480 e. The van der Waals surface area contributed by atoms with Gasteiger partial charge in [0.15, 0.2) is 0 Å². The fourth-order valence-electron chi connectivity index (χ4n) is 2.57. The van der Waals surface area contributed by atoms with E-state index < -0.39 is 35.6 Å². The fraction of sp³-hybridized carbons (Fsp3) is 0.294. The molecule has 0 fully saturated rings. The Labute approximate surface area is 152 Å². The zero-order chi connectivity index (χ0) is 20.0. The Morgan fingerprint density at radius 3 is 2.78 bits per heavy atom. The molecule has 2 aromatic rings. The van der Waals surface area contributed by atoms with Gasteiger partial charge in [0.1, 0.15) is 18.0 Å². The number of hydrogen-bond donors (Lipinski definition) is 4. The van der Waals surface area contributed by atoms with E-state index in [1.165, 1.54) is 24.4 Å². The molecule has 0 aliphatic rings. The van der Waals surface area contributed by atoms with Crippen LogP contribution in [0.4, 0.5) is 4.39 Å². The van der Waals surface area contributed by atoms with Crippen molar-refractivity contribution in [1.29, 1.82) is 0 Å². The highest BCUT2D eigenvalue weighted by Crippen LogP contribution is 2.20. The predicted octanol–water partition coefficient (Wildman–Crippen LogP) is 0.430. The summed E-state index contributed by atoms with van der Waals surface area (Å²) in [5, 5.41) is 22.0. The van der Waals surface area contributed by atoms with Crippen LogP contribution >= 0.6 is 0 Å². The number of carbonyl (C=O) groups is 3. The van der Waals surface area contributed by atoms with Crippen LogP contribution in [0.25, 0.3) is 16.4 Å². The van der Waals surface area contributed by atoms with Gasteiger partial charge in [-0.05, 0) is 30.2 Å². The maximum absolute atomic E-state index is 13.2. The lowest BCUT2D eigenvalue weighted by atomic mass is 10.0. The molecule has 1 heterocycles. The second kappa shape index (κ2) is 8.84. The summed E-state index contributed by atoms with van der Waals surface area (Å²) in [5.41, 5.74) is 9.32. The van der Waals surface area contributed by atoms with E-state index in [9.17, 15) is 23.9 Å². The molecular weight excluding hydrogens is 359 g/mol. The number of aromatic nitrogens is 1. The Hall–Kier alpha value is -3.36. The molecule has 1 amide bonds. The van der Waals surface area contributed by atoms with E-state index in [0.29, 0.717) is 22.7 Å². The number of hydrogen-bond acceptors (Lipinski definition) is 4. The zero-order valence-electron chi connectivity index (χ0n) is 14.1. The number of Topliss-reactive ketones (excluding diaryl/α,β-unsaturated/α-hetero) is 1. The van der Waals surface area contributed by atoms with Crippen molar-refractivity contribution in [3.05, 3.63) is 41.3 Å². The van der Waals surface area contributed by atoms with Gasteiger partial charge in [0.25, 0.3) is 0 Å². The predicted molar refractivity (Wildman–Crippen MR) is 91.5 cm³/mol. The molecule has 0 aliphatic carbocycles. The number of aliphatic hydroxyl groups is 1. The third-order valence-electron chi connectivity index (χ3n) is 3.94. The van der Waals surface area contributed by atoms with Crippen molar-refractivity contribution in [3.8, 4) is 0 Å². The summed E-state index contributed by atoms with van der Waals surface area (Å²) >= 11 is 0. The van der Waals surface area contributed by atoms with Crippen LogP contribution in [0.3, 0.4) is 0 Å². The highest BCUT2D eigenvalue weighted by molar-refractivity contribution is 6.25. The van der Waals surface area contributed by atoms with Crippen molar-refractivity contribution >= 4 is 34.8 Å². The lowest BCUT2D eigenvalue weighted by molar-refractivity contribution is -0.143. The first-order chi connectivity index (χ1) is 12.8. The number of carboxylic acid groups (broad SMARTS) is 1. The zero-order valence-corrected chi connectivity index (χ0v) is 14.1. The van der Waals surface area contributed by atoms with Gasteiger partial charge in [0, 0.05) is 29.9 Å². The monoisotopic (exact) mass is 376 g/mol. The number of H-pyrrole nitrogens is 1. The molecule has 10 heteroatoms. The fourth-order valence-corrected chi connectivity index (χ4v) is 2.57. The van der Waals surface area contributed by atoms with E-state index in [-0.39, 0.29) is 19.3 Å². The van der Waals surface area contributed by atoms with Gasteiger partial charge in [-0.2, -0.15) is 4.79 Å². The van der Waals surface area contributed by atoms with E-state index >= 15 is 0 Å². The first-order valence-electron chi connectivity index (χ1n) is 7.99. The number of nitrogens with one attached hydrogen (secondary N) is 2. The number of aliphatic carboxylic acids is 1. The number of carboxylic acids is 1. The molecule has 2 atom stereocenters. The van der Waals surface area contributed by atoms with Gasteiger partial charge < -0.3 is 26.0 Å². The minimum Gasteiger partial charge on any atom is -0.480 e.